The van der Waals surface area contributed by atoms with E-state index in [1.165, 1.54) is 6.07 Å². The lowest BCUT2D eigenvalue weighted by atomic mass is 10.2. The van der Waals surface area contributed by atoms with Gasteiger partial charge in [0.25, 0.3) is 0 Å². The molecule has 1 aromatic carbocycles. The van der Waals surface area contributed by atoms with Crippen molar-refractivity contribution < 1.29 is 13.5 Å². The zero-order chi connectivity index (χ0) is 14.4. The van der Waals surface area contributed by atoms with Gasteiger partial charge in [0.1, 0.15) is 5.75 Å². The van der Waals surface area contributed by atoms with Crippen molar-refractivity contribution in [3.05, 3.63) is 29.8 Å². The van der Waals surface area contributed by atoms with E-state index < -0.39 is 6.61 Å². The van der Waals surface area contributed by atoms with Crippen molar-refractivity contribution in [3.8, 4) is 5.75 Å². The predicted octanol–water partition coefficient (Wildman–Crippen LogP) is 2.27. The average molecular weight is 271 g/mol. The Bertz CT molecular complexity index is 424. The van der Waals surface area contributed by atoms with E-state index in [1.807, 2.05) is 44.1 Å². The second-order valence-corrected chi connectivity index (χ2v) is 4.43. The third-order valence-corrected chi connectivity index (χ3v) is 2.33. The van der Waals surface area contributed by atoms with Crippen LogP contribution in [-0.4, -0.2) is 50.6 Å². The van der Waals surface area contributed by atoms with Gasteiger partial charge in [-0.15, -0.1) is 0 Å². The Morgan fingerprint density at radius 1 is 1.21 bits per heavy atom. The summed E-state index contributed by atoms with van der Waals surface area (Å²) in [5, 5.41) is 0. The van der Waals surface area contributed by atoms with E-state index in [9.17, 15) is 8.78 Å². The number of ether oxygens (including phenoxy) is 1. The summed E-state index contributed by atoms with van der Waals surface area (Å²) >= 11 is 0. The third kappa shape index (κ3) is 5.11. The lowest BCUT2D eigenvalue weighted by Gasteiger charge is -2.22. The number of guanidine groups is 1. The Kier molecular flexibility index (Phi) is 5.54. The Labute approximate surface area is 112 Å². The van der Waals surface area contributed by atoms with Crippen molar-refractivity contribution in [2.45, 2.75) is 13.2 Å². The first-order valence-corrected chi connectivity index (χ1v) is 5.83. The quantitative estimate of drug-likeness (QED) is 0.621. The monoisotopic (exact) mass is 271 g/mol. The van der Waals surface area contributed by atoms with E-state index in [1.54, 1.807) is 12.1 Å². The molecule has 0 unspecified atom stereocenters. The second kappa shape index (κ2) is 6.92. The van der Waals surface area contributed by atoms with Crippen LogP contribution in [0.4, 0.5) is 8.78 Å². The number of nitrogens with zero attached hydrogens (tertiary/aromatic N) is 3. The molecule has 1 aromatic rings. The van der Waals surface area contributed by atoms with E-state index in [4.69, 9.17) is 0 Å². The highest BCUT2D eigenvalue weighted by molar-refractivity contribution is 5.79. The fourth-order valence-electron chi connectivity index (χ4n) is 1.66. The molecule has 0 bridgehead atoms. The molecular formula is C13H19F2N3O. The highest BCUT2D eigenvalue weighted by atomic mass is 19.3. The van der Waals surface area contributed by atoms with Crippen molar-refractivity contribution in [2.75, 3.05) is 28.2 Å². The van der Waals surface area contributed by atoms with E-state index in [0.29, 0.717) is 6.54 Å². The molecule has 106 valence electrons. The summed E-state index contributed by atoms with van der Waals surface area (Å²) in [4.78, 5) is 8.22. The molecule has 0 N–H and O–H groups in total. The molecule has 0 amide bonds. The Morgan fingerprint density at radius 2 is 1.84 bits per heavy atom. The van der Waals surface area contributed by atoms with E-state index >= 15 is 0 Å². The maximum absolute atomic E-state index is 12.1. The molecule has 0 saturated carbocycles. The van der Waals surface area contributed by atoms with Gasteiger partial charge in [-0.05, 0) is 17.7 Å². The summed E-state index contributed by atoms with van der Waals surface area (Å²) in [6.07, 6.45) is 0. The van der Waals surface area contributed by atoms with Gasteiger partial charge >= 0.3 is 6.61 Å². The maximum atomic E-state index is 12.1. The van der Waals surface area contributed by atoms with E-state index in [-0.39, 0.29) is 5.75 Å². The fourth-order valence-corrected chi connectivity index (χ4v) is 1.66. The van der Waals surface area contributed by atoms with Crippen molar-refractivity contribution >= 4 is 5.96 Å². The summed E-state index contributed by atoms with van der Waals surface area (Å²) in [5.41, 5.74) is 0.819. The van der Waals surface area contributed by atoms with Gasteiger partial charge < -0.3 is 14.5 Å². The highest BCUT2D eigenvalue weighted by Crippen LogP contribution is 2.16. The molecule has 0 saturated heterocycles. The van der Waals surface area contributed by atoms with Crippen molar-refractivity contribution in [1.29, 1.82) is 0 Å². The summed E-state index contributed by atoms with van der Waals surface area (Å²) in [6.45, 7) is -2.40. The molecule has 1 rings (SSSR count). The van der Waals surface area contributed by atoms with Gasteiger partial charge in [-0.3, -0.25) is 0 Å². The zero-order valence-corrected chi connectivity index (χ0v) is 11.6. The van der Waals surface area contributed by atoms with Crippen LogP contribution in [0.15, 0.2) is 29.3 Å². The topological polar surface area (TPSA) is 28.1 Å². The number of halogens is 2. The number of hydrogen-bond donors (Lipinski definition) is 0. The van der Waals surface area contributed by atoms with Crippen LogP contribution in [0.2, 0.25) is 0 Å². The SMILES string of the molecule is CN(C)C(=NCc1cccc(OC(F)F)c1)N(C)C. The molecule has 0 spiro atoms. The van der Waals surface area contributed by atoms with Crippen LogP contribution in [0.3, 0.4) is 0 Å². The summed E-state index contributed by atoms with van der Waals surface area (Å²) in [5.74, 6) is 0.958. The zero-order valence-electron chi connectivity index (χ0n) is 11.6. The Morgan fingerprint density at radius 3 is 2.37 bits per heavy atom. The Balaban J connectivity index is 2.79. The Hall–Kier alpha value is -1.85. The normalized spacial score (nSPS) is 10.3. The molecular weight excluding hydrogens is 252 g/mol. The summed E-state index contributed by atoms with van der Waals surface area (Å²) < 4.78 is 28.6. The first-order chi connectivity index (χ1) is 8.90. The highest BCUT2D eigenvalue weighted by Gasteiger charge is 2.06. The van der Waals surface area contributed by atoms with Crippen LogP contribution in [-0.2, 0) is 6.54 Å². The molecule has 4 nitrogen and oxygen atoms in total. The molecule has 0 aliphatic heterocycles. The van der Waals surface area contributed by atoms with Gasteiger partial charge in [0.2, 0.25) is 0 Å². The van der Waals surface area contributed by atoms with Crippen LogP contribution in [0.1, 0.15) is 5.56 Å². The maximum Gasteiger partial charge on any atom is 0.387 e. The molecule has 0 aliphatic rings. The second-order valence-electron chi connectivity index (χ2n) is 4.43. The number of aliphatic imine (C=N–C) groups is 1. The van der Waals surface area contributed by atoms with Gasteiger partial charge in [0.05, 0.1) is 6.54 Å². The number of alkyl halides is 2. The van der Waals surface area contributed by atoms with Crippen molar-refractivity contribution in [2.24, 2.45) is 4.99 Å². The lowest BCUT2D eigenvalue weighted by molar-refractivity contribution is -0.0498. The van der Waals surface area contributed by atoms with E-state index in [2.05, 4.69) is 9.73 Å². The van der Waals surface area contributed by atoms with Crippen LogP contribution in [0.25, 0.3) is 0 Å². The van der Waals surface area contributed by atoms with Crippen molar-refractivity contribution in [3.63, 3.8) is 0 Å². The fraction of sp³-hybridized carbons (Fsp3) is 0.462. The standard InChI is InChI=1S/C13H19F2N3O/c1-17(2)13(18(3)4)16-9-10-6-5-7-11(8-10)19-12(14)15/h5-8,12H,9H2,1-4H3. The molecule has 0 aliphatic carbocycles. The lowest BCUT2D eigenvalue weighted by Crippen LogP contribution is -2.35. The third-order valence-electron chi connectivity index (χ3n) is 2.33. The number of benzene rings is 1. The van der Waals surface area contributed by atoms with E-state index in [0.717, 1.165) is 11.5 Å². The molecule has 0 atom stereocenters. The van der Waals surface area contributed by atoms with Gasteiger partial charge in [-0.1, -0.05) is 12.1 Å². The molecule has 0 radical (unpaired) electrons. The minimum absolute atomic E-state index is 0.152. The van der Waals surface area contributed by atoms with Gasteiger partial charge in [0.15, 0.2) is 5.96 Å². The molecule has 6 heteroatoms. The smallest absolute Gasteiger partial charge is 0.387 e. The first kappa shape index (κ1) is 15.2. The number of hydrogen-bond acceptors (Lipinski definition) is 2. The van der Waals surface area contributed by atoms with Gasteiger partial charge in [0, 0.05) is 28.2 Å². The average Bonchev–Trinajstić information content (AvgIpc) is 2.27. The van der Waals surface area contributed by atoms with Crippen LogP contribution >= 0.6 is 0 Å². The minimum atomic E-state index is -2.81. The molecule has 0 fully saturated rings. The van der Waals surface area contributed by atoms with Gasteiger partial charge in [-0.2, -0.15) is 8.78 Å². The van der Waals surface area contributed by atoms with Crippen LogP contribution < -0.4 is 4.74 Å². The predicted molar refractivity (Wildman–Crippen MR) is 71.6 cm³/mol. The summed E-state index contributed by atoms with van der Waals surface area (Å²) in [6, 6.07) is 6.56. The summed E-state index contributed by atoms with van der Waals surface area (Å²) in [7, 11) is 7.59. The molecule has 0 aromatic heterocycles. The minimum Gasteiger partial charge on any atom is -0.435 e. The van der Waals surface area contributed by atoms with Crippen LogP contribution in [0.5, 0.6) is 5.75 Å². The van der Waals surface area contributed by atoms with Crippen LogP contribution in [0, 0.1) is 0 Å². The molecule has 0 heterocycles. The molecule has 19 heavy (non-hydrogen) atoms. The van der Waals surface area contributed by atoms with Crippen molar-refractivity contribution in [1.82, 2.24) is 9.80 Å². The number of rotatable bonds is 4. The first-order valence-electron chi connectivity index (χ1n) is 5.83. The van der Waals surface area contributed by atoms with Gasteiger partial charge in [-0.25, -0.2) is 4.99 Å². The largest absolute Gasteiger partial charge is 0.435 e.